The first-order chi connectivity index (χ1) is 12.6. The summed E-state index contributed by atoms with van der Waals surface area (Å²) in [7, 11) is 1.36. The van der Waals surface area contributed by atoms with Crippen LogP contribution >= 0.6 is 11.6 Å². The van der Waals surface area contributed by atoms with E-state index in [4.69, 9.17) is 22.1 Å². The Morgan fingerprint density at radius 2 is 1.96 bits per heavy atom. The summed E-state index contributed by atoms with van der Waals surface area (Å²) in [5.41, 5.74) is 9.93. The molecule has 5 nitrogen and oxygen atoms in total. The van der Waals surface area contributed by atoms with Crippen molar-refractivity contribution in [2.45, 2.75) is 26.8 Å². The molecule has 1 aromatic carbocycles. The predicted molar refractivity (Wildman–Crippen MR) is 104 cm³/mol. The monoisotopic (exact) mass is 371 g/mol. The number of nitrogens with zero attached hydrogens (tertiary/aromatic N) is 2. The number of carbonyl (C=O) groups excluding carboxylic acids is 1. The number of fused-ring (bicyclic) bond motifs is 1. The Bertz CT molecular complexity index is 913. The Kier molecular flexibility index (Phi) is 7.06. The van der Waals surface area contributed by atoms with E-state index in [9.17, 15) is 4.79 Å². The van der Waals surface area contributed by atoms with Crippen molar-refractivity contribution in [1.29, 1.82) is 0 Å². The fourth-order valence-electron chi connectivity index (χ4n) is 2.65. The average Bonchev–Trinajstić information content (AvgIpc) is 2.68. The van der Waals surface area contributed by atoms with Gasteiger partial charge in [-0.15, -0.1) is 0 Å². The van der Waals surface area contributed by atoms with Gasteiger partial charge in [0, 0.05) is 36.4 Å². The lowest BCUT2D eigenvalue weighted by atomic mass is 10.0. The van der Waals surface area contributed by atoms with Crippen LogP contribution in [0.4, 0.5) is 0 Å². The molecule has 0 aliphatic heterocycles. The minimum atomic E-state index is -0.379. The Hall–Kier alpha value is -2.50. The minimum Gasteiger partial charge on any atom is -0.465 e. The number of ether oxygens (including phenoxy) is 1. The van der Waals surface area contributed by atoms with E-state index in [-0.39, 0.29) is 5.97 Å². The molecule has 2 N–H and O–H groups in total. The molecular formula is C20H22ClN3O2. The van der Waals surface area contributed by atoms with Crippen LogP contribution in [0.15, 0.2) is 42.7 Å². The summed E-state index contributed by atoms with van der Waals surface area (Å²) >= 11 is 6.04. The lowest BCUT2D eigenvalue weighted by molar-refractivity contribution is 0.0600. The number of aromatic nitrogens is 2. The number of hydrogen-bond donors (Lipinski definition) is 1. The van der Waals surface area contributed by atoms with Gasteiger partial charge in [-0.25, -0.2) is 4.79 Å². The molecule has 0 spiro atoms. The topological polar surface area (TPSA) is 78.1 Å². The van der Waals surface area contributed by atoms with E-state index >= 15 is 0 Å². The molecule has 0 atom stereocenters. The molecule has 0 fully saturated rings. The lowest BCUT2D eigenvalue weighted by Crippen LogP contribution is -2.04. The SMILES string of the molecule is CC.COC(=O)c1ccnc(Cc2cc(CN)c3ncc(Cl)cc3c2)c1. The summed E-state index contributed by atoms with van der Waals surface area (Å²) in [4.78, 5) is 20.3. The zero-order valence-corrected chi connectivity index (χ0v) is 15.9. The zero-order chi connectivity index (χ0) is 19.1. The second-order valence-corrected chi connectivity index (χ2v) is 5.82. The number of hydrogen-bond acceptors (Lipinski definition) is 5. The van der Waals surface area contributed by atoms with Crippen LogP contribution in [0.25, 0.3) is 10.9 Å². The largest absolute Gasteiger partial charge is 0.465 e. The van der Waals surface area contributed by atoms with Gasteiger partial charge in [-0.1, -0.05) is 31.5 Å². The predicted octanol–water partition coefficient (Wildman–Crippen LogP) is 4.15. The van der Waals surface area contributed by atoms with E-state index in [1.165, 1.54) is 7.11 Å². The minimum absolute atomic E-state index is 0.379. The maximum atomic E-state index is 11.6. The van der Waals surface area contributed by atoms with E-state index in [1.807, 2.05) is 32.0 Å². The van der Waals surface area contributed by atoms with Crippen molar-refractivity contribution < 1.29 is 9.53 Å². The van der Waals surface area contributed by atoms with Crippen LogP contribution in [-0.2, 0) is 17.7 Å². The van der Waals surface area contributed by atoms with Gasteiger partial charge in [-0.05, 0) is 35.4 Å². The van der Waals surface area contributed by atoms with Crippen molar-refractivity contribution in [3.05, 3.63) is 70.1 Å². The van der Waals surface area contributed by atoms with E-state index in [2.05, 4.69) is 9.97 Å². The van der Waals surface area contributed by atoms with E-state index in [0.29, 0.717) is 23.6 Å². The van der Waals surface area contributed by atoms with Gasteiger partial charge in [0.25, 0.3) is 0 Å². The van der Waals surface area contributed by atoms with Gasteiger partial charge in [0.05, 0.1) is 23.2 Å². The van der Waals surface area contributed by atoms with Crippen LogP contribution < -0.4 is 5.73 Å². The van der Waals surface area contributed by atoms with Gasteiger partial charge in [-0.2, -0.15) is 0 Å². The van der Waals surface area contributed by atoms with Gasteiger partial charge in [0.1, 0.15) is 0 Å². The van der Waals surface area contributed by atoms with Crippen LogP contribution in [0.5, 0.6) is 0 Å². The lowest BCUT2D eigenvalue weighted by Gasteiger charge is -2.09. The number of halogens is 1. The first kappa shape index (κ1) is 19.8. The second kappa shape index (κ2) is 9.27. The molecule has 26 heavy (non-hydrogen) atoms. The Morgan fingerprint density at radius 3 is 2.65 bits per heavy atom. The zero-order valence-electron chi connectivity index (χ0n) is 15.1. The highest BCUT2D eigenvalue weighted by atomic mass is 35.5. The van der Waals surface area contributed by atoms with E-state index in [0.717, 1.165) is 27.7 Å². The number of methoxy groups -OCH3 is 1. The molecule has 6 heteroatoms. The molecule has 3 rings (SSSR count). The Morgan fingerprint density at radius 1 is 1.19 bits per heavy atom. The second-order valence-electron chi connectivity index (χ2n) is 5.39. The van der Waals surface area contributed by atoms with Crippen LogP contribution in [0, 0.1) is 0 Å². The number of benzene rings is 1. The number of carbonyl (C=O) groups is 1. The molecule has 0 bridgehead atoms. The third kappa shape index (κ3) is 4.56. The van der Waals surface area contributed by atoms with E-state index in [1.54, 1.807) is 24.5 Å². The number of rotatable bonds is 4. The molecule has 136 valence electrons. The fraction of sp³-hybridized carbons (Fsp3) is 0.250. The van der Waals surface area contributed by atoms with Gasteiger partial charge >= 0.3 is 5.97 Å². The van der Waals surface area contributed by atoms with E-state index < -0.39 is 0 Å². The molecule has 0 aliphatic carbocycles. The molecule has 0 amide bonds. The summed E-state index contributed by atoms with van der Waals surface area (Å²) in [5.74, 6) is -0.379. The highest BCUT2D eigenvalue weighted by Gasteiger charge is 2.09. The molecule has 3 aromatic rings. The Labute approximate surface area is 158 Å². The smallest absolute Gasteiger partial charge is 0.337 e. The molecule has 0 saturated heterocycles. The molecule has 2 aromatic heterocycles. The third-order valence-corrected chi connectivity index (χ3v) is 3.94. The first-order valence-electron chi connectivity index (χ1n) is 8.41. The summed E-state index contributed by atoms with van der Waals surface area (Å²) in [6.07, 6.45) is 3.79. The van der Waals surface area contributed by atoms with Gasteiger partial charge in [-0.3, -0.25) is 9.97 Å². The maximum Gasteiger partial charge on any atom is 0.337 e. The number of esters is 1. The van der Waals surface area contributed by atoms with Crippen molar-refractivity contribution in [2.75, 3.05) is 7.11 Å². The normalized spacial score (nSPS) is 10.2. The summed E-state index contributed by atoms with van der Waals surface area (Å²) < 4.78 is 4.74. The average molecular weight is 372 g/mol. The summed E-state index contributed by atoms with van der Waals surface area (Å²) in [6, 6.07) is 9.25. The molecule has 0 unspecified atom stereocenters. The third-order valence-electron chi connectivity index (χ3n) is 3.73. The van der Waals surface area contributed by atoms with Crippen molar-refractivity contribution in [3.8, 4) is 0 Å². The number of nitrogens with two attached hydrogens (primary N) is 1. The molecular weight excluding hydrogens is 350 g/mol. The molecule has 0 radical (unpaired) electrons. The van der Waals surface area contributed by atoms with Crippen LogP contribution in [0.1, 0.15) is 41.0 Å². The first-order valence-corrected chi connectivity index (χ1v) is 8.79. The van der Waals surface area contributed by atoms with Crippen molar-refractivity contribution in [1.82, 2.24) is 9.97 Å². The molecule has 0 aliphatic rings. The Balaban J connectivity index is 0.00000117. The standard InChI is InChI=1S/C18H16ClN3O2.C2H6/c1-24-18(23)12-2-3-21-16(8-12)6-11-4-13-7-15(19)10-22-17(13)14(5-11)9-20;1-2/h2-5,7-8,10H,6,9,20H2,1H3;1-2H3. The van der Waals surface area contributed by atoms with Gasteiger partial charge in [0.15, 0.2) is 0 Å². The van der Waals surface area contributed by atoms with Crippen LogP contribution in [0.3, 0.4) is 0 Å². The number of pyridine rings is 2. The summed E-state index contributed by atoms with van der Waals surface area (Å²) in [5, 5.41) is 1.51. The van der Waals surface area contributed by atoms with Crippen LogP contribution in [-0.4, -0.2) is 23.0 Å². The maximum absolute atomic E-state index is 11.6. The quantitative estimate of drug-likeness (QED) is 0.697. The fourth-order valence-corrected chi connectivity index (χ4v) is 2.82. The van der Waals surface area contributed by atoms with Crippen molar-refractivity contribution >= 4 is 28.5 Å². The highest BCUT2D eigenvalue weighted by molar-refractivity contribution is 6.31. The molecule has 0 saturated carbocycles. The summed E-state index contributed by atoms with van der Waals surface area (Å²) in [6.45, 7) is 4.38. The van der Waals surface area contributed by atoms with Gasteiger partial charge < -0.3 is 10.5 Å². The van der Waals surface area contributed by atoms with Crippen molar-refractivity contribution in [3.63, 3.8) is 0 Å². The highest BCUT2D eigenvalue weighted by Crippen LogP contribution is 2.23. The van der Waals surface area contributed by atoms with Gasteiger partial charge in [0.2, 0.25) is 0 Å². The molecule has 2 heterocycles. The van der Waals surface area contributed by atoms with Crippen molar-refractivity contribution in [2.24, 2.45) is 5.73 Å². The van der Waals surface area contributed by atoms with Crippen LogP contribution in [0.2, 0.25) is 5.02 Å².